The van der Waals surface area contributed by atoms with Gasteiger partial charge in [0.25, 0.3) is 5.91 Å². The van der Waals surface area contributed by atoms with Gasteiger partial charge in [-0.1, -0.05) is 30.3 Å². The van der Waals surface area contributed by atoms with E-state index in [0.29, 0.717) is 15.9 Å². The first-order chi connectivity index (χ1) is 13.0. The smallest absolute Gasteiger partial charge is 0.320 e. The fraction of sp³-hybridized carbons (Fsp3) is 0.200. The van der Waals surface area contributed by atoms with Gasteiger partial charge in [0.05, 0.1) is 22.0 Å². The van der Waals surface area contributed by atoms with E-state index in [0.717, 1.165) is 20.2 Å². The normalized spacial score (nSPS) is 12.8. The summed E-state index contributed by atoms with van der Waals surface area (Å²) in [4.78, 5) is 17.7. The number of rotatable bonds is 4. The van der Waals surface area contributed by atoms with Crippen molar-refractivity contribution in [3.05, 3.63) is 64.8 Å². The maximum atomic E-state index is 13.6. The molecule has 2 aromatic heterocycles. The standard InChI is InChI=1S/C20H17F2N3OS/c1-11-13-7-3-6-10-16(13)27-17(11)19(26)23-12(2)18-24-14-8-4-5-9-15(14)25(18)20(21)22/h3-10,12,20H,1-2H3,(H,23,26). The van der Waals surface area contributed by atoms with Crippen LogP contribution in [0, 0.1) is 6.92 Å². The zero-order valence-electron chi connectivity index (χ0n) is 14.7. The second-order valence-corrected chi connectivity index (χ2v) is 7.41. The van der Waals surface area contributed by atoms with E-state index in [4.69, 9.17) is 0 Å². The molecular formula is C20H17F2N3OS. The molecular weight excluding hydrogens is 368 g/mol. The van der Waals surface area contributed by atoms with Gasteiger partial charge in [0.2, 0.25) is 0 Å². The first-order valence-electron chi connectivity index (χ1n) is 8.51. The summed E-state index contributed by atoms with van der Waals surface area (Å²) in [5.74, 6) is -0.146. The number of thiophene rings is 1. The van der Waals surface area contributed by atoms with E-state index in [1.807, 2.05) is 31.2 Å². The highest BCUT2D eigenvalue weighted by Crippen LogP contribution is 2.31. The Bertz CT molecular complexity index is 1150. The van der Waals surface area contributed by atoms with Crippen LogP contribution in [0.4, 0.5) is 8.78 Å². The van der Waals surface area contributed by atoms with Gasteiger partial charge in [-0.15, -0.1) is 11.3 Å². The van der Waals surface area contributed by atoms with E-state index < -0.39 is 12.6 Å². The van der Waals surface area contributed by atoms with Crippen LogP contribution in [0.3, 0.4) is 0 Å². The zero-order chi connectivity index (χ0) is 19.1. The lowest BCUT2D eigenvalue weighted by Gasteiger charge is -2.15. The number of fused-ring (bicyclic) bond motifs is 2. The highest BCUT2D eigenvalue weighted by atomic mass is 32.1. The number of halogens is 2. The molecule has 0 saturated carbocycles. The average Bonchev–Trinajstić information content (AvgIpc) is 3.20. The Labute approximate surface area is 158 Å². The fourth-order valence-electron chi connectivity index (χ4n) is 3.29. The minimum atomic E-state index is -2.74. The summed E-state index contributed by atoms with van der Waals surface area (Å²) in [6.07, 6.45) is 0. The summed E-state index contributed by atoms with van der Waals surface area (Å²) in [6.45, 7) is 0.825. The third-order valence-electron chi connectivity index (χ3n) is 4.60. The minimum Gasteiger partial charge on any atom is -0.342 e. The van der Waals surface area contributed by atoms with Crippen molar-refractivity contribution in [2.24, 2.45) is 0 Å². The summed E-state index contributed by atoms with van der Waals surface area (Å²) < 4.78 is 29.1. The molecule has 0 aliphatic rings. The van der Waals surface area contributed by atoms with Gasteiger partial charge in [-0.2, -0.15) is 8.78 Å². The monoisotopic (exact) mass is 385 g/mol. The average molecular weight is 385 g/mol. The zero-order valence-corrected chi connectivity index (χ0v) is 15.6. The van der Waals surface area contributed by atoms with E-state index in [9.17, 15) is 13.6 Å². The van der Waals surface area contributed by atoms with Crippen LogP contribution in [0.2, 0.25) is 0 Å². The Morgan fingerprint density at radius 2 is 1.85 bits per heavy atom. The lowest BCUT2D eigenvalue weighted by molar-refractivity contribution is 0.0688. The van der Waals surface area contributed by atoms with Gasteiger partial charge in [0.15, 0.2) is 0 Å². The third-order valence-corrected chi connectivity index (χ3v) is 5.87. The SMILES string of the molecule is Cc1c(C(=O)NC(C)c2nc3ccccc3n2C(F)F)sc2ccccc12. The van der Waals surface area contributed by atoms with E-state index in [1.54, 1.807) is 31.2 Å². The molecule has 2 heterocycles. The largest absolute Gasteiger partial charge is 0.342 e. The molecule has 4 nitrogen and oxygen atoms in total. The summed E-state index contributed by atoms with van der Waals surface area (Å²) in [6, 6.07) is 13.8. The van der Waals surface area contributed by atoms with Crippen molar-refractivity contribution in [1.82, 2.24) is 14.9 Å². The van der Waals surface area contributed by atoms with Crippen LogP contribution in [-0.4, -0.2) is 15.5 Å². The predicted molar refractivity (Wildman–Crippen MR) is 103 cm³/mol. The van der Waals surface area contributed by atoms with Gasteiger partial charge >= 0.3 is 6.55 Å². The van der Waals surface area contributed by atoms with Crippen molar-refractivity contribution >= 4 is 38.4 Å². The van der Waals surface area contributed by atoms with Crippen molar-refractivity contribution in [1.29, 1.82) is 0 Å². The van der Waals surface area contributed by atoms with Gasteiger partial charge < -0.3 is 5.32 Å². The molecule has 7 heteroatoms. The van der Waals surface area contributed by atoms with Crippen LogP contribution >= 0.6 is 11.3 Å². The molecule has 0 aliphatic heterocycles. The molecule has 138 valence electrons. The van der Waals surface area contributed by atoms with Gasteiger partial charge in [-0.3, -0.25) is 9.36 Å². The van der Waals surface area contributed by atoms with Crippen LogP contribution in [0.25, 0.3) is 21.1 Å². The molecule has 1 atom stereocenters. The Balaban J connectivity index is 1.68. The Hall–Kier alpha value is -2.80. The molecule has 1 unspecified atom stereocenters. The van der Waals surface area contributed by atoms with Crippen molar-refractivity contribution in [3.63, 3.8) is 0 Å². The number of benzene rings is 2. The number of amides is 1. The molecule has 4 aromatic rings. The Morgan fingerprint density at radius 3 is 2.59 bits per heavy atom. The van der Waals surface area contributed by atoms with Crippen LogP contribution in [0.15, 0.2) is 48.5 Å². The summed E-state index contributed by atoms with van der Waals surface area (Å²) in [5, 5.41) is 3.85. The topological polar surface area (TPSA) is 46.9 Å². The maximum Gasteiger partial charge on any atom is 0.320 e. The Morgan fingerprint density at radius 1 is 1.15 bits per heavy atom. The highest BCUT2D eigenvalue weighted by molar-refractivity contribution is 7.21. The number of hydrogen-bond acceptors (Lipinski definition) is 3. The summed E-state index contributed by atoms with van der Waals surface area (Å²) in [5.41, 5.74) is 1.72. The molecule has 2 aromatic carbocycles. The number of alkyl halides is 2. The number of para-hydroxylation sites is 2. The second kappa shape index (κ2) is 6.74. The van der Waals surface area contributed by atoms with Crippen molar-refractivity contribution in [2.45, 2.75) is 26.4 Å². The quantitative estimate of drug-likeness (QED) is 0.508. The lowest BCUT2D eigenvalue weighted by Crippen LogP contribution is -2.28. The molecule has 0 saturated heterocycles. The first kappa shape index (κ1) is 17.6. The number of carbonyl (C=O) groups excluding carboxylic acids is 1. The molecule has 0 aliphatic carbocycles. The Kier molecular flexibility index (Phi) is 4.39. The van der Waals surface area contributed by atoms with Crippen molar-refractivity contribution in [3.8, 4) is 0 Å². The number of aromatic nitrogens is 2. The summed E-state index contributed by atoms with van der Waals surface area (Å²) >= 11 is 1.40. The number of hydrogen-bond donors (Lipinski definition) is 1. The van der Waals surface area contributed by atoms with Gasteiger partial charge in [-0.05, 0) is 43.0 Å². The second-order valence-electron chi connectivity index (χ2n) is 6.35. The summed E-state index contributed by atoms with van der Waals surface area (Å²) in [7, 11) is 0. The maximum absolute atomic E-state index is 13.6. The van der Waals surface area contributed by atoms with E-state index >= 15 is 0 Å². The van der Waals surface area contributed by atoms with Crippen LogP contribution in [0.1, 0.15) is 40.6 Å². The molecule has 0 fully saturated rings. The predicted octanol–water partition coefficient (Wildman–Crippen LogP) is 5.45. The molecule has 4 rings (SSSR count). The van der Waals surface area contributed by atoms with Gasteiger partial charge in [0.1, 0.15) is 5.82 Å². The molecule has 1 N–H and O–H groups in total. The van der Waals surface area contributed by atoms with Crippen LogP contribution < -0.4 is 5.32 Å². The van der Waals surface area contributed by atoms with Crippen molar-refractivity contribution in [2.75, 3.05) is 0 Å². The fourth-order valence-corrected chi connectivity index (χ4v) is 4.40. The molecule has 0 bridgehead atoms. The first-order valence-corrected chi connectivity index (χ1v) is 9.33. The lowest BCUT2D eigenvalue weighted by atomic mass is 10.1. The van der Waals surface area contributed by atoms with E-state index in [1.165, 1.54) is 11.3 Å². The van der Waals surface area contributed by atoms with Crippen LogP contribution in [0.5, 0.6) is 0 Å². The molecule has 27 heavy (non-hydrogen) atoms. The molecule has 0 radical (unpaired) electrons. The number of imidazole rings is 1. The number of nitrogens with one attached hydrogen (secondary N) is 1. The number of aryl methyl sites for hydroxylation is 1. The van der Waals surface area contributed by atoms with Gasteiger partial charge in [0, 0.05) is 4.70 Å². The highest BCUT2D eigenvalue weighted by Gasteiger charge is 2.24. The van der Waals surface area contributed by atoms with Crippen LogP contribution in [-0.2, 0) is 0 Å². The molecule has 0 spiro atoms. The molecule has 1 amide bonds. The van der Waals surface area contributed by atoms with E-state index in [2.05, 4.69) is 10.3 Å². The van der Waals surface area contributed by atoms with Gasteiger partial charge in [-0.25, -0.2) is 4.98 Å². The number of carbonyl (C=O) groups is 1. The van der Waals surface area contributed by atoms with E-state index in [-0.39, 0.29) is 11.7 Å². The van der Waals surface area contributed by atoms with Crippen molar-refractivity contribution < 1.29 is 13.6 Å². The third kappa shape index (κ3) is 2.98. The minimum absolute atomic E-state index is 0.137. The number of nitrogens with zero attached hydrogens (tertiary/aromatic N) is 2.